The third-order valence-electron chi connectivity index (χ3n) is 3.22. The summed E-state index contributed by atoms with van der Waals surface area (Å²) in [5.41, 5.74) is 10.2. The van der Waals surface area contributed by atoms with Crippen molar-refractivity contribution in [2.75, 3.05) is 18.1 Å². The van der Waals surface area contributed by atoms with Crippen LogP contribution >= 0.6 is 11.8 Å². The lowest BCUT2D eigenvalue weighted by molar-refractivity contribution is -0.205. The Morgan fingerprint density at radius 2 is 1.76 bits per heavy atom. The van der Waals surface area contributed by atoms with Gasteiger partial charge in [0.25, 0.3) is 0 Å². The molecule has 1 aromatic rings. The second-order valence-corrected chi connectivity index (χ2v) is 5.87. The first-order chi connectivity index (χ1) is 9.85. The summed E-state index contributed by atoms with van der Waals surface area (Å²) in [5, 5.41) is 38.4. The van der Waals surface area contributed by atoms with Crippen LogP contribution in [0.15, 0.2) is 17.0 Å². The molecule has 0 spiro atoms. The molecule has 1 heterocycles. The van der Waals surface area contributed by atoms with Gasteiger partial charge in [0.05, 0.1) is 12.3 Å². The standard InChI is InChI=1S/C12H17FN2O5S/c13-4-1-8(6(15)2-5(4)14)21-12-11(19)10(18)9(17)7(3-16)20-12/h1-2,7,9-12,16-19H,3,14-15H2/t7-,9+,10+,11-,12+/m1/s1. The molecule has 1 aromatic carbocycles. The molecule has 1 aliphatic heterocycles. The predicted molar refractivity (Wildman–Crippen MR) is 74.8 cm³/mol. The minimum atomic E-state index is -1.49. The Kier molecular flexibility index (Phi) is 4.91. The molecule has 9 heteroatoms. The van der Waals surface area contributed by atoms with Crippen molar-refractivity contribution in [3.8, 4) is 0 Å². The van der Waals surface area contributed by atoms with Crippen molar-refractivity contribution in [1.82, 2.24) is 0 Å². The highest BCUT2D eigenvalue weighted by atomic mass is 32.2. The largest absolute Gasteiger partial charge is 0.398 e. The Bertz CT molecular complexity index is 519. The van der Waals surface area contributed by atoms with E-state index >= 15 is 0 Å². The van der Waals surface area contributed by atoms with E-state index in [4.69, 9.17) is 21.3 Å². The molecular weight excluding hydrogens is 303 g/mol. The van der Waals surface area contributed by atoms with E-state index in [1.54, 1.807) is 0 Å². The molecule has 8 N–H and O–H groups in total. The van der Waals surface area contributed by atoms with Crippen molar-refractivity contribution in [3.05, 3.63) is 17.9 Å². The minimum absolute atomic E-state index is 0.106. The topological polar surface area (TPSA) is 142 Å². The number of anilines is 2. The first-order valence-corrected chi connectivity index (χ1v) is 7.04. The van der Waals surface area contributed by atoms with Gasteiger partial charge in [-0.25, -0.2) is 4.39 Å². The number of nitrogen functional groups attached to an aromatic ring is 2. The maximum absolute atomic E-state index is 13.5. The zero-order valence-electron chi connectivity index (χ0n) is 10.9. The quantitative estimate of drug-likeness (QED) is 0.385. The van der Waals surface area contributed by atoms with Crippen LogP contribution in [0.4, 0.5) is 15.8 Å². The molecule has 21 heavy (non-hydrogen) atoms. The van der Waals surface area contributed by atoms with E-state index in [-0.39, 0.29) is 16.3 Å². The second kappa shape index (κ2) is 6.34. The number of aliphatic hydroxyl groups excluding tert-OH is 4. The van der Waals surface area contributed by atoms with Gasteiger partial charge in [-0.05, 0) is 12.1 Å². The molecule has 118 valence electrons. The van der Waals surface area contributed by atoms with Crippen molar-refractivity contribution in [3.63, 3.8) is 0 Å². The molecule has 2 rings (SSSR count). The van der Waals surface area contributed by atoms with E-state index in [0.29, 0.717) is 0 Å². The number of rotatable bonds is 3. The summed E-state index contributed by atoms with van der Waals surface area (Å²) in [6.45, 7) is -0.534. The van der Waals surface area contributed by atoms with Gasteiger partial charge in [-0.2, -0.15) is 0 Å². The lowest BCUT2D eigenvalue weighted by Crippen LogP contribution is -2.57. The van der Waals surface area contributed by atoms with Crippen LogP contribution in [0.1, 0.15) is 0 Å². The third-order valence-corrected chi connectivity index (χ3v) is 4.45. The molecule has 1 saturated heterocycles. The highest BCUT2D eigenvalue weighted by Gasteiger charge is 2.43. The van der Waals surface area contributed by atoms with Gasteiger partial charge in [0.15, 0.2) is 0 Å². The van der Waals surface area contributed by atoms with E-state index in [1.165, 1.54) is 6.07 Å². The smallest absolute Gasteiger partial charge is 0.147 e. The van der Waals surface area contributed by atoms with Crippen LogP contribution in [0, 0.1) is 5.82 Å². The van der Waals surface area contributed by atoms with Crippen molar-refractivity contribution in [2.45, 2.75) is 34.7 Å². The summed E-state index contributed by atoms with van der Waals surface area (Å²) in [5.74, 6) is -0.670. The zero-order chi connectivity index (χ0) is 15.7. The highest BCUT2D eigenvalue weighted by Crippen LogP contribution is 2.37. The van der Waals surface area contributed by atoms with Crippen LogP contribution in [-0.2, 0) is 4.74 Å². The molecule has 0 bridgehead atoms. The Morgan fingerprint density at radius 1 is 1.10 bits per heavy atom. The Morgan fingerprint density at radius 3 is 2.38 bits per heavy atom. The van der Waals surface area contributed by atoms with Crippen molar-refractivity contribution in [1.29, 1.82) is 0 Å². The summed E-state index contributed by atoms with van der Waals surface area (Å²) in [4.78, 5) is 0.269. The number of ether oxygens (including phenoxy) is 1. The van der Waals surface area contributed by atoms with Crippen LogP contribution in [0.2, 0.25) is 0 Å². The Labute approximate surface area is 124 Å². The van der Waals surface area contributed by atoms with Crippen LogP contribution in [-0.4, -0.2) is 56.9 Å². The maximum atomic E-state index is 13.5. The van der Waals surface area contributed by atoms with E-state index < -0.39 is 42.3 Å². The zero-order valence-corrected chi connectivity index (χ0v) is 11.7. The Balaban J connectivity index is 2.20. The summed E-state index contributed by atoms with van der Waals surface area (Å²) in [6.07, 6.45) is -5.39. The van der Waals surface area contributed by atoms with Gasteiger partial charge in [-0.1, -0.05) is 11.8 Å². The van der Waals surface area contributed by atoms with Crippen LogP contribution in [0.3, 0.4) is 0 Å². The van der Waals surface area contributed by atoms with Gasteiger partial charge < -0.3 is 36.6 Å². The summed E-state index contributed by atoms with van der Waals surface area (Å²) < 4.78 is 18.8. The van der Waals surface area contributed by atoms with Gasteiger partial charge in [0, 0.05) is 10.6 Å². The average Bonchev–Trinajstić information content (AvgIpc) is 2.45. The van der Waals surface area contributed by atoms with Crippen LogP contribution in [0.5, 0.6) is 0 Å². The fourth-order valence-electron chi connectivity index (χ4n) is 1.98. The van der Waals surface area contributed by atoms with Gasteiger partial charge in [-0.15, -0.1) is 0 Å². The average molecular weight is 320 g/mol. The fraction of sp³-hybridized carbons (Fsp3) is 0.500. The molecule has 0 aliphatic carbocycles. The lowest BCUT2D eigenvalue weighted by Gasteiger charge is -2.39. The van der Waals surface area contributed by atoms with Crippen LogP contribution < -0.4 is 11.5 Å². The second-order valence-electron chi connectivity index (χ2n) is 4.73. The van der Waals surface area contributed by atoms with Gasteiger partial charge >= 0.3 is 0 Å². The molecule has 0 amide bonds. The first kappa shape index (κ1) is 16.3. The molecule has 0 aromatic heterocycles. The van der Waals surface area contributed by atoms with E-state index in [9.17, 15) is 19.7 Å². The Hall–Kier alpha value is -1.10. The number of thioether (sulfide) groups is 1. The molecule has 0 radical (unpaired) electrons. The molecule has 0 saturated carbocycles. The number of benzene rings is 1. The number of halogens is 1. The van der Waals surface area contributed by atoms with Crippen molar-refractivity contribution in [2.24, 2.45) is 0 Å². The predicted octanol–water partition coefficient (Wildman–Crippen LogP) is -1.12. The number of hydrogen-bond donors (Lipinski definition) is 6. The minimum Gasteiger partial charge on any atom is -0.398 e. The fourth-order valence-corrected chi connectivity index (χ4v) is 3.10. The summed E-state index contributed by atoms with van der Waals surface area (Å²) in [7, 11) is 0. The van der Waals surface area contributed by atoms with E-state index in [1.807, 2.05) is 0 Å². The van der Waals surface area contributed by atoms with Gasteiger partial charge in [0.1, 0.15) is 35.7 Å². The third kappa shape index (κ3) is 3.23. The van der Waals surface area contributed by atoms with Crippen molar-refractivity contribution < 1.29 is 29.6 Å². The molecule has 1 aliphatic rings. The van der Waals surface area contributed by atoms with E-state index in [2.05, 4.69) is 0 Å². The summed E-state index contributed by atoms with van der Waals surface area (Å²) >= 11 is 0.872. The molecular formula is C12H17FN2O5S. The van der Waals surface area contributed by atoms with Gasteiger partial charge in [-0.3, -0.25) is 0 Å². The van der Waals surface area contributed by atoms with Crippen LogP contribution in [0.25, 0.3) is 0 Å². The highest BCUT2D eigenvalue weighted by molar-refractivity contribution is 8.00. The molecule has 0 unspecified atom stereocenters. The van der Waals surface area contributed by atoms with Crippen molar-refractivity contribution >= 4 is 23.1 Å². The molecule has 7 nitrogen and oxygen atoms in total. The number of hydrogen-bond acceptors (Lipinski definition) is 8. The summed E-state index contributed by atoms with van der Waals surface area (Å²) in [6, 6.07) is 2.33. The monoisotopic (exact) mass is 320 g/mol. The SMILES string of the molecule is Nc1cc(N)c(S[C@@H]2O[C@H](CO)[C@H](O)[C@H](O)[C@H]2O)cc1F. The number of nitrogens with two attached hydrogens (primary N) is 2. The normalized spacial score (nSPS) is 33.1. The van der Waals surface area contributed by atoms with E-state index in [0.717, 1.165) is 17.8 Å². The maximum Gasteiger partial charge on any atom is 0.147 e. The first-order valence-electron chi connectivity index (χ1n) is 6.16. The molecule has 1 fully saturated rings. The lowest BCUT2D eigenvalue weighted by atomic mass is 10.0. The molecule has 5 atom stereocenters. The van der Waals surface area contributed by atoms with Gasteiger partial charge in [0.2, 0.25) is 0 Å². The number of aliphatic hydroxyl groups is 4.